The number of aromatic nitrogens is 3. The third kappa shape index (κ3) is 2.61. The predicted molar refractivity (Wildman–Crippen MR) is 100 cm³/mol. The maximum absolute atomic E-state index is 14.6. The van der Waals surface area contributed by atoms with Crippen LogP contribution in [0, 0.1) is 5.82 Å². The minimum Gasteiger partial charge on any atom is -0.508 e. The molecule has 0 aliphatic carbocycles. The zero-order valence-electron chi connectivity index (χ0n) is 14.9. The first-order chi connectivity index (χ1) is 14.0. The highest BCUT2D eigenvalue weighted by Crippen LogP contribution is 2.39. The number of nitrogens with one attached hydrogen (secondary N) is 1. The van der Waals surface area contributed by atoms with E-state index in [9.17, 15) is 14.3 Å². The minimum absolute atomic E-state index is 0.0212. The van der Waals surface area contributed by atoms with E-state index in [1.54, 1.807) is 18.3 Å². The Balaban J connectivity index is 1.79. The van der Waals surface area contributed by atoms with E-state index in [0.29, 0.717) is 28.0 Å². The number of hydrogen-bond acceptors (Lipinski definition) is 7. The van der Waals surface area contributed by atoms with Gasteiger partial charge in [0, 0.05) is 23.4 Å². The second-order valence-electron chi connectivity index (χ2n) is 6.19. The summed E-state index contributed by atoms with van der Waals surface area (Å²) in [6.45, 7) is 0. The number of carbonyl (C=O) groups excluding carboxylic acids is 1. The van der Waals surface area contributed by atoms with Gasteiger partial charge in [0.1, 0.15) is 22.8 Å². The van der Waals surface area contributed by atoms with Gasteiger partial charge in [0.05, 0.1) is 24.6 Å². The maximum Gasteiger partial charge on any atom is 0.413 e. The number of amides is 1. The highest BCUT2D eigenvalue weighted by Gasteiger charge is 2.27. The van der Waals surface area contributed by atoms with Crippen molar-refractivity contribution >= 4 is 29.2 Å². The van der Waals surface area contributed by atoms with Crippen molar-refractivity contribution in [3.8, 4) is 17.0 Å². The Labute approximate surface area is 162 Å². The average Bonchev–Trinajstić information content (AvgIpc) is 3.30. The molecule has 0 saturated heterocycles. The molecule has 0 unspecified atom stereocenters. The van der Waals surface area contributed by atoms with Crippen LogP contribution in [-0.4, -0.2) is 38.6 Å². The van der Waals surface area contributed by atoms with Gasteiger partial charge >= 0.3 is 6.09 Å². The van der Waals surface area contributed by atoms with Gasteiger partial charge in [0.25, 0.3) is 5.95 Å². The van der Waals surface area contributed by atoms with Crippen molar-refractivity contribution in [2.45, 2.75) is 0 Å². The topological polar surface area (TPSA) is 114 Å². The molecule has 0 spiro atoms. The smallest absolute Gasteiger partial charge is 0.413 e. The number of carbonyl (C=O) groups is 1. The van der Waals surface area contributed by atoms with Crippen molar-refractivity contribution in [3.63, 3.8) is 0 Å². The van der Waals surface area contributed by atoms with E-state index in [0.717, 1.165) is 6.07 Å². The van der Waals surface area contributed by atoms with Gasteiger partial charge in [0.2, 0.25) is 5.88 Å². The molecule has 1 aliphatic rings. The van der Waals surface area contributed by atoms with Crippen LogP contribution in [0.4, 0.5) is 21.0 Å². The van der Waals surface area contributed by atoms with Crippen LogP contribution in [0.5, 0.6) is 5.75 Å². The number of aromatic hydroxyl groups is 1. The molecule has 9 nitrogen and oxygen atoms in total. The van der Waals surface area contributed by atoms with Crippen molar-refractivity contribution in [2.75, 3.05) is 12.4 Å². The average molecular weight is 393 g/mol. The van der Waals surface area contributed by atoms with Crippen molar-refractivity contribution in [1.29, 1.82) is 0 Å². The minimum atomic E-state index is -0.715. The fourth-order valence-corrected chi connectivity index (χ4v) is 3.23. The van der Waals surface area contributed by atoms with Gasteiger partial charge in [-0.25, -0.2) is 23.7 Å². The number of anilines is 1. The standard InChI is InChI=1S/C19H12FN5O4/c1-28-19(27)23-18-22-15-12-5-7-29-17(12)21-14(10-3-2-9(26)8-13(10)20)11-4-6-25(24-18)16(11)15/h2-8,26H,1H3,(H,23,24,27). The first kappa shape index (κ1) is 16.9. The Hall–Kier alpha value is -4.21. The molecule has 4 heterocycles. The van der Waals surface area contributed by atoms with Gasteiger partial charge in [-0.3, -0.25) is 5.32 Å². The number of aliphatic imine (C=N–C) groups is 1. The van der Waals surface area contributed by atoms with Gasteiger partial charge in [-0.05, 0) is 24.3 Å². The van der Waals surface area contributed by atoms with Crippen LogP contribution in [0.1, 0.15) is 11.1 Å². The molecule has 3 aromatic heterocycles. The number of rotatable bonds is 2. The molecular formula is C19H12FN5O4. The SMILES string of the molecule is COC(=O)Nc1nc2c3c(ccn3n1)C(c1ccc(O)cc1F)=Nc1occc1-2. The number of phenols is 1. The Morgan fingerprint density at radius 1 is 1.24 bits per heavy atom. The molecular weight excluding hydrogens is 381 g/mol. The summed E-state index contributed by atoms with van der Waals surface area (Å²) in [4.78, 5) is 20.5. The molecule has 0 saturated carbocycles. The number of halogens is 1. The van der Waals surface area contributed by atoms with Gasteiger partial charge in [-0.2, -0.15) is 0 Å². The van der Waals surface area contributed by atoms with Gasteiger partial charge < -0.3 is 14.3 Å². The zero-order valence-corrected chi connectivity index (χ0v) is 14.9. The Kier molecular flexibility index (Phi) is 3.60. The highest BCUT2D eigenvalue weighted by atomic mass is 19.1. The number of furan rings is 1. The van der Waals surface area contributed by atoms with Crippen molar-refractivity contribution < 1.29 is 23.4 Å². The second-order valence-corrected chi connectivity index (χ2v) is 6.19. The first-order valence-corrected chi connectivity index (χ1v) is 8.45. The summed E-state index contributed by atoms with van der Waals surface area (Å²) in [5.41, 5.74) is 2.63. The van der Waals surface area contributed by atoms with Crippen molar-refractivity contribution in [1.82, 2.24) is 14.6 Å². The van der Waals surface area contributed by atoms with Crippen LogP contribution in [0.3, 0.4) is 0 Å². The first-order valence-electron chi connectivity index (χ1n) is 8.45. The van der Waals surface area contributed by atoms with Gasteiger partial charge in [-0.15, -0.1) is 5.10 Å². The molecule has 1 amide bonds. The quantitative estimate of drug-likeness (QED) is 0.474. The maximum atomic E-state index is 14.6. The summed E-state index contributed by atoms with van der Waals surface area (Å²) in [5, 5.41) is 16.2. The molecule has 29 heavy (non-hydrogen) atoms. The summed E-state index contributed by atoms with van der Waals surface area (Å²) in [5.74, 6) is -0.575. The van der Waals surface area contributed by atoms with E-state index in [1.165, 1.54) is 30.0 Å². The summed E-state index contributed by atoms with van der Waals surface area (Å²) in [7, 11) is 1.23. The van der Waals surface area contributed by atoms with Gasteiger partial charge in [0.15, 0.2) is 0 Å². The number of hydrogen-bond donors (Lipinski definition) is 2. The normalized spacial score (nSPS) is 12.3. The Bertz CT molecular complexity index is 1320. The van der Waals surface area contributed by atoms with Crippen molar-refractivity contribution in [3.05, 3.63) is 59.7 Å². The van der Waals surface area contributed by atoms with Crippen LogP contribution in [-0.2, 0) is 4.74 Å². The Morgan fingerprint density at radius 2 is 2.10 bits per heavy atom. The molecule has 144 valence electrons. The zero-order chi connectivity index (χ0) is 20.1. The lowest BCUT2D eigenvalue weighted by molar-refractivity contribution is 0.186. The molecule has 10 heteroatoms. The molecule has 0 radical (unpaired) electrons. The third-order valence-corrected chi connectivity index (χ3v) is 4.49. The summed E-state index contributed by atoms with van der Waals surface area (Å²) >= 11 is 0. The Morgan fingerprint density at radius 3 is 2.90 bits per heavy atom. The lowest BCUT2D eigenvalue weighted by Crippen LogP contribution is -2.15. The van der Waals surface area contributed by atoms with Crippen LogP contribution < -0.4 is 5.32 Å². The van der Waals surface area contributed by atoms with E-state index < -0.39 is 11.9 Å². The van der Waals surface area contributed by atoms with E-state index >= 15 is 0 Å². The molecule has 4 aromatic rings. The molecule has 2 N–H and O–H groups in total. The molecule has 1 aromatic carbocycles. The molecule has 0 bridgehead atoms. The number of nitrogens with zero attached hydrogens (tertiary/aromatic N) is 4. The van der Waals surface area contributed by atoms with E-state index in [2.05, 4.69) is 25.1 Å². The molecule has 0 atom stereocenters. The number of fused-ring (bicyclic) bond motifs is 2. The van der Waals surface area contributed by atoms with Crippen LogP contribution >= 0.6 is 0 Å². The predicted octanol–water partition coefficient (Wildman–Crippen LogP) is 3.49. The van der Waals surface area contributed by atoms with Gasteiger partial charge in [-0.1, -0.05) is 0 Å². The fraction of sp³-hybridized carbons (Fsp3) is 0.0526. The summed E-state index contributed by atoms with van der Waals surface area (Å²) < 4.78 is 26.2. The monoisotopic (exact) mass is 393 g/mol. The fourth-order valence-electron chi connectivity index (χ4n) is 3.23. The number of benzene rings is 1. The summed E-state index contributed by atoms with van der Waals surface area (Å²) in [6.07, 6.45) is 2.38. The number of methoxy groups -OCH3 is 1. The number of phenolic OH excluding ortho intramolecular Hbond substituents is 1. The van der Waals surface area contributed by atoms with E-state index in [1.807, 2.05) is 0 Å². The van der Waals surface area contributed by atoms with Crippen LogP contribution in [0.25, 0.3) is 16.8 Å². The molecule has 0 fully saturated rings. The molecule has 1 aliphatic heterocycles. The third-order valence-electron chi connectivity index (χ3n) is 4.49. The summed E-state index contributed by atoms with van der Waals surface area (Å²) in [6, 6.07) is 7.22. The lowest BCUT2D eigenvalue weighted by atomic mass is 10.0. The lowest BCUT2D eigenvalue weighted by Gasteiger charge is -2.08. The second kappa shape index (κ2) is 6.16. The molecule has 5 rings (SSSR count). The van der Waals surface area contributed by atoms with Crippen molar-refractivity contribution in [2.24, 2.45) is 4.99 Å². The number of ether oxygens (including phenoxy) is 1. The highest BCUT2D eigenvalue weighted by molar-refractivity contribution is 6.20. The largest absolute Gasteiger partial charge is 0.508 e. The van der Waals surface area contributed by atoms with Crippen LogP contribution in [0.2, 0.25) is 0 Å². The van der Waals surface area contributed by atoms with E-state index in [4.69, 9.17) is 4.42 Å². The van der Waals surface area contributed by atoms with E-state index in [-0.39, 0.29) is 23.1 Å². The van der Waals surface area contributed by atoms with Crippen LogP contribution in [0.15, 0.2) is 52.2 Å².